The van der Waals surface area contributed by atoms with E-state index in [1.54, 1.807) is 11.3 Å². The average molecular weight is 298 g/mol. The average Bonchev–Trinajstić information content (AvgIpc) is 2.73. The number of rotatable bonds is 5. The minimum atomic E-state index is -3.26. The minimum Gasteiger partial charge on any atom is -0.302 e. The lowest BCUT2D eigenvalue weighted by Gasteiger charge is -2.23. The standard InChI is InChI=1S/C14H19O3PS/c1-10(2)16-18(15,17-11(3)4)13-5-6-14-12(9-13)7-8-19-14/h5-11H,1-4H3. The zero-order valence-corrected chi connectivity index (χ0v) is 13.3. The maximum atomic E-state index is 13.0. The third-order valence-corrected chi connectivity index (χ3v) is 5.66. The van der Waals surface area contributed by atoms with Gasteiger partial charge in [0.15, 0.2) is 0 Å². The van der Waals surface area contributed by atoms with Crippen LogP contribution < -0.4 is 5.30 Å². The molecule has 1 aromatic carbocycles. The Balaban J connectivity index is 2.43. The van der Waals surface area contributed by atoms with Crippen molar-refractivity contribution in [2.45, 2.75) is 39.9 Å². The molecule has 0 aliphatic carbocycles. The molecule has 1 heterocycles. The highest BCUT2D eigenvalue weighted by atomic mass is 32.1. The molecule has 5 heteroatoms. The summed E-state index contributed by atoms with van der Waals surface area (Å²) >= 11 is 1.66. The van der Waals surface area contributed by atoms with Gasteiger partial charge in [-0.05, 0) is 62.7 Å². The molecular weight excluding hydrogens is 279 g/mol. The first kappa shape index (κ1) is 14.7. The van der Waals surface area contributed by atoms with E-state index in [9.17, 15) is 4.57 Å². The molecule has 0 radical (unpaired) electrons. The van der Waals surface area contributed by atoms with Crippen LogP contribution in [-0.2, 0) is 13.6 Å². The number of hydrogen-bond acceptors (Lipinski definition) is 4. The van der Waals surface area contributed by atoms with E-state index < -0.39 is 7.60 Å². The van der Waals surface area contributed by atoms with Crippen LogP contribution in [0.5, 0.6) is 0 Å². The predicted octanol–water partition coefficient (Wildman–Crippen LogP) is 4.57. The minimum absolute atomic E-state index is 0.150. The second kappa shape index (κ2) is 5.76. The third-order valence-electron chi connectivity index (χ3n) is 2.45. The van der Waals surface area contributed by atoms with E-state index in [2.05, 4.69) is 0 Å². The van der Waals surface area contributed by atoms with Gasteiger partial charge in [-0.2, -0.15) is 0 Å². The summed E-state index contributed by atoms with van der Waals surface area (Å²) in [6.45, 7) is 7.44. The molecule has 2 rings (SSSR count). The monoisotopic (exact) mass is 298 g/mol. The largest absolute Gasteiger partial charge is 0.361 e. The Morgan fingerprint density at radius 1 is 1.05 bits per heavy atom. The molecule has 0 atom stereocenters. The number of hydrogen-bond donors (Lipinski definition) is 0. The van der Waals surface area contributed by atoms with Gasteiger partial charge in [0.2, 0.25) is 0 Å². The summed E-state index contributed by atoms with van der Waals surface area (Å²) in [5.74, 6) is 0. The number of fused-ring (bicyclic) bond motifs is 1. The van der Waals surface area contributed by atoms with Crippen molar-refractivity contribution in [3.05, 3.63) is 29.6 Å². The van der Waals surface area contributed by atoms with Gasteiger partial charge in [0.05, 0.1) is 17.5 Å². The highest BCUT2D eigenvalue weighted by Crippen LogP contribution is 2.49. The van der Waals surface area contributed by atoms with Crippen molar-refractivity contribution < 1.29 is 13.6 Å². The zero-order chi connectivity index (χ0) is 14.0. The van der Waals surface area contributed by atoms with Gasteiger partial charge in [0, 0.05) is 4.70 Å². The fourth-order valence-electron chi connectivity index (χ4n) is 1.83. The van der Waals surface area contributed by atoms with Gasteiger partial charge in [0.1, 0.15) is 0 Å². The molecular formula is C14H19O3PS. The molecule has 0 N–H and O–H groups in total. The van der Waals surface area contributed by atoms with Gasteiger partial charge in [-0.1, -0.05) is 0 Å². The predicted molar refractivity (Wildman–Crippen MR) is 81.5 cm³/mol. The van der Waals surface area contributed by atoms with E-state index in [0.29, 0.717) is 5.30 Å². The van der Waals surface area contributed by atoms with Crippen LogP contribution >= 0.6 is 18.9 Å². The summed E-state index contributed by atoms with van der Waals surface area (Å²) in [5, 5.41) is 3.72. The van der Waals surface area contributed by atoms with E-state index in [4.69, 9.17) is 9.05 Å². The Labute approximate surface area is 118 Å². The van der Waals surface area contributed by atoms with Gasteiger partial charge in [0.25, 0.3) is 0 Å². The fraction of sp³-hybridized carbons (Fsp3) is 0.429. The van der Waals surface area contributed by atoms with Gasteiger partial charge in [-0.3, -0.25) is 4.57 Å². The second-order valence-corrected chi connectivity index (χ2v) is 7.83. The van der Waals surface area contributed by atoms with Crippen LogP contribution in [0.3, 0.4) is 0 Å². The molecule has 2 aromatic rings. The third kappa shape index (κ3) is 3.46. The molecule has 0 saturated carbocycles. The van der Waals surface area contributed by atoms with E-state index in [1.165, 1.54) is 4.70 Å². The SMILES string of the molecule is CC(C)OP(=O)(OC(C)C)c1ccc2sccc2c1. The molecule has 0 saturated heterocycles. The summed E-state index contributed by atoms with van der Waals surface area (Å²) in [4.78, 5) is 0. The molecule has 19 heavy (non-hydrogen) atoms. The Morgan fingerprint density at radius 2 is 1.68 bits per heavy atom. The molecule has 0 fully saturated rings. The Kier molecular flexibility index (Phi) is 4.46. The van der Waals surface area contributed by atoms with Crippen molar-refractivity contribution in [3.8, 4) is 0 Å². The molecule has 1 aromatic heterocycles. The van der Waals surface area contributed by atoms with Crippen molar-refractivity contribution in [1.29, 1.82) is 0 Å². The van der Waals surface area contributed by atoms with Crippen LogP contribution in [0.4, 0.5) is 0 Å². The van der Waals surface area contributed by atoms with Crippen molar-refractivity contribution in [2.24, 2.45) is 0 Å². The molecule has 0 aliphatic rings. The first-order chi connectivity index (χ1) is 8.90. The molecule has 0 aliphatic heterocycles. The Morgan fingerprint density at radius 3 is 2.26 bits per heavy atom. The van der Waals surface area contributed by atoms with Crippen LogP contribution in [0.15, 0.2) is 29.6 Å². The first-order valence-electron chi connectivity index (χ1n) is 6.35. The van der Waals surface area contributed by atoms with Crippen LogP contribution in [0.1, 0.15) is 27.7 Å². The van der Waals surface area contributed by atoms with E-state index in [-0.39, 0.29) is 12.2 Å². The second-order valence-electron chi connectivity index (χ2n) is 4.95. The van der Waals surface area contributed by atoms with Crippen LogP contribution in [0, 0.1) is 0 Å². The highest BCUT2D eigenvalue weighted by Gasteiger charge is 2.30. The zero-order valence-electron chi connectivity index (χ0n) is 11.6. The van der Waals surface area contributed by atoms with E-state index in [0.717, 1.165) is 5.39 Å². The molecule has 0 spiro atoms. The fourth-order valence-corrected chi connectivity index (χ4v) is 4.55. The first-order valence-corrected chi connectivity index (χ1v) is 8.77. The van der Waals surface area contributed by atoms with Crippen molar-refractivity contribution in [1.82, 2.24) is 0 Å². The summed E-state index contributed by atoms with van der Waals surface area (Å²) in [6, 6.07) is 7.72. The lowest BCUT2D eigenvalue weighted by atomic mass is 10.3. The van der Waals surface area contributed by atoms with Crippen molar-refractivity contribution in [3.63, 3.8) is 0 Å². The van der Waals surface area contributed by atoms with Crippen molar-refractivity contribution in [2.75, 3.05) is 0 Å². The highest BCUT2D eigenvalue weighted by molar-refractivity contribution is 7.62. The van der Waals surface area contributed by atoms with E-state index in [1.807, 2.05) is 57.3 Å². The summed E-state index contributed by atoms with van der Waals surface area (Å²) in [5.41, 5.74) is 0. The number of benzene rings is 1. The van der Waals surface area contributed by atoms with E-state index >= 15 is 0 Å². The normalized spacial score (nSPS) is 12.7. The van der Waals surface area contributed by atoms with Crippen LogP contribution in [0.25, 0.3) is 10.1 Å². The Hall–Kier alpha value is -0.670. The maximum absolute atomic E-state index is 13.0. The molecule has 0 unspecified atom stereocenters. The smallest absolute Gasteiger partial charge is 0.302 e. The number of thiophene rings is 1. The van der Waals surface area contributed by atoms with Crippen molar-refractivity contribution >= 4 is 34.3 Å². The van der Waals surface area contributed by atoms with Gasteiger partial charge < -0.3 is 9.05 Å². The maximum Gasteiger partial charge on any atom is 0.361 e. The summed E-state index contributed by atoms with van der Waals surface area (Å²) in [6.07, 6.45) is -0.300. The van der Waals surface area contributed by atoms with Gasteiger partial charge >= 0.3 is 7.60 Å². The summed E-state index contributed by atoms with van der Waals surface area (Å²) in [7, 11) is -3.26. The van der Waals surface area contributed by atoms with Crippen LogP contribution in [-0.4, -0.2) is 12.2 Å². The summed E-state index contributed by atoms with van der Waals surface area (Å²) < 4.78 is 25.3. The Bertz CT molecular complexity index is 590. The van der Waals surface area contributed by atoms with Gasteiger partial charge in [-0.25, -0.2) is 0 Å². The van der Waals surface area contributed by atoms with Gasteiger partial charge in [-0.15, -0.1) is 11.3 Å². The quantitative estimate of drug-likeness (QED) is 0.758. The molecule has 0 bridgehead atoms. The molecule has 104 valence electrons. The van der Waals surface area contributed by atoms with Crippen LogP contribution in [0.2, 0.25) is 0 Å². The molecule has 3 nitrogen and oxygen atoms in total. The lowest BCUT2D eigenvalue weighted by Crippen LogP contribution is -2.16. The molecule has 0 amide bonds. The lowest BCUT2D eigenvalue weighted by molar-refractivity contribution is 0.150. The topological polar surface area (TPSA) is 35.5 Å².